The molecule has 2 atom stereocenters. The molecule has 24 heavy (non-hydrogen) atoms. The minimum Gasteiger partial charge on any atom is -0.371 e. The minimum atomic E-state index is -0.144. The molecule has 1 aliphatic rings. The summed E-state index contributed by atoms with van der Waals surface area (Å²) in [5, 5.41) is 8.94. The molecule has 0 unspecified atom stereocenters. The molecule has 0 aliphatic carbocycles. The SMILES string of the molecule is CCN(C[C@H](C)C#N)C(=O)CN1CCO[C@H](c2ccc(Br)cc2)C1. The van der Waals surface area contributed by atoms with Crippen LogP contribution >= 0.6 is 15.9 Å². The van der Waals surface area contributed by atoms with E-state index < -0.39 is 0 Å². The molecule has 6 heteroatoms. The Balaban J connectivity index is 1.93. The first-order chi connectivity index (χ1) is 11.5. The Bertz CT molecular complexity index is 585. The van der Waals surface area contributed by atoms with Crippen molar-refractivity contribution in [2.75, 3.05) is 39.3 Å². The highest BCUT2D eigenvalue weighted by molar-refractivity contribution is 9.10. The van der Waals surface area contributed by atoms with Gasteiger partial charge in [0.2, 0.25) is 5.91 Å². The van der Waals surface area contributed by atoms with Gasteiger partial charge >= 0.3 is 0 Å². The number of hydrogen-bond acceptors (Lipinski definition) is 4. The number of carbonyl (C=O) groups is 1. The Morgan fingerprint density at radius 1 is 1.50 bits per heavy atom. The quantitative estimate of drug-likeness (QED) is 0.745. The Kier molecular flexibility index (Phi) is 7.22. The second-order valence-electron chi connectivity index (χ2n) is 6.11. The van der Waals surface area contributed by atoms with Gasteiger partial charge in [0.15, 0.2) is 0 Å². The molecule has 1 amide bonds. The number of nitrogens with zero attached hydrogens (tertiary/aromatic N) is 3. The molecule has 0 radical (unpaired) electrons. The first kappa shape index (κ1) is 18.9. The number of ether oxygens (including phenoxy) is 1. The molecular weight excluding hydrogens is 370 g/mol. The lowest BCUT2D eigenvalue weighted by Gasteiger charge is -2.34. The van der Waals surface area contributed by atoms with Gasteiger partial charge in [-0.05, 0) is 31.5 Å². The molecule has 0 aromatic heterocycles. The zero-order valence-electron chi connectivity index (χ0n) is 14.2. The van der Waals surface area contributed by atoms with E-state index in [1.807, 2.05) is 38.1 Å². The maximum absolute atomic E-state index is 12.5. The molecule has 1 aliphatic heterocycles. The van der Waals surface area contributed by atoms with Crippen LogP contribution in [0.25, 0.3) is 0 Å². The van der Waals surface area contributed by atoms with Crippen molar-refractivity contribution in [3.63, 3.8) is 0 Å². The summed E-state index contributed by atoms with van der Waals surface area (Å²) < 4.78 is 6.90. The summed E-state index contributed by atoms with van der Waals surface area (Å²) >= 11 is 3.44. The van der Waals surface area contributed by atoms with Crippen LogP contribution in [0.5, 0.6) is 0 Å². The van der Waals surface area contributed by atoms with Crippen LogP contribution in [0.1, 0.15) is 25.5 Å². The number of benzene rings is 1. The molecule has 1 heterocycles. The predicted octanol–water partition coefficient (Wildman–Crippen LogP) is 2.83. The van der Waals surface area contributed by atoms with E-state index in [9.17, 15) is 4.79 Å². The van der Waals surface area contributed by atoms with Crippen molar-refractivity contribution in [2.24, 2.45) is 5.92 Å². The van der Waals surface area contributed by atoms with Crippen LogP contribution in [0.3, 0.4) is 0 Å². The molecule has 1 saturated heterocycles. The average molecular weight is 394 g/mol. The number of morpholine rings is 1. The van der Waals surface area contributed by atoms with Crippen LogP contribution in [0.2, 0.25) is 0 Å². The summed E-state index contributed by atoms with van der Waals surface area (Å²) in [7, 11) is 0. The largest absolute Gasteiger partial charge is 0.371 e. The number of rotatable bonds is 6. The predicted molar refractivity (Wildman–Crippen MR) is 96.3 cm³/mol. The first-order valence-corrected chi connectivity index (χ1v) is 9.09. The topological polar surface area (TPSA) is 56.6 Å². The fraction of sp³-hybridized carbons (Fsp3) is 0.556. The van der Waals surface area contributed by atoms with Crippen LogP contribution in [0.15, 0.2) is 28.7 Å². The highest BCUT2D eigenvalue weighted by atomic mass is 79.9. The normalized spacial score (nSPS) is 19.5. The van der Waals surface area contributed by atoms with E-state index in [0.717, 1.165) is 16.6 Å². The van der Waals surface area contributed by atoms with E-state index in [1.54, 1.807) is 4.90 Å². The molecule has 130 valence electrons. The van der Waals surface area contributed by atoms with Crippen molar-refractivity contribution in [3.05, 3.63) is 34.3 Å². The molecule has 1 aromatic carbocycles. The lowest BCUT2D eigenvalue weighted by atomic mass is 10.1. The van der Waals surface area contributed by atoms with Gasteiger partial charge in [-0.3, -0.25) is 9.69 Å². The lowest BCUT2D eigenvalue weighted by molar-refractivity contribution is -0.134. The number of carbonyl (C=O) groups excluding carboxylic acids is 1. The summed E-state index contributed by atoms with van der Waals surface area (Å²) in [6.45, 7) is 7.37. The van der Waals surface area contributed by atoms with Crippen LogP contribution in [0.4, 0.5) is 0 Å². The second kappa shape index (κ2) is 9.16. The Morgan fingerprint density at radius 3 is 2.83 bits per heavy atom. The maximum atomic E-state index is 12.5. The van der Waals surface area contributed by atoms with Crippen molar-refractivity contribution in [1.82, 2.24) is 9.80 Å². The standard InChI is InChI=1S/C18H24BrN3O2/c1-3-22(11-14(2)10-20)18(23)13-21-8-9-24-17(12-21)15-4-6-16(19)7-5-15/h4-7,14,17H,3,8-9,11-13H2,1-2H3/t14-,17+/m1/s1. The van der Waals surface area contributed by atoms with E-state index in [2.05, 4.69) is 26.9 Å². The maximum Gasteiger partial charge on any atom is 0.236 e. The number of halogens is 1. The third kappa shape index (κ3) is 5.30. The van der Waals surface area contributed by atoms with Crippen molar-refractivity contribution < 1.29 is 9.53 Å². The first-order valence-electron chi connectivity index (χ1n) is 8.30. The van der Waals surface area contributed by atoms with E-state index in [4.69, 9.17) is 10.00 Å². The molecule has 0 bridgehead atoms. The third-order valence-electron chi connectivity index (χ3n) is 4.20. The third-order valence-corrected chi connectivity index (χ3v) is 4.73. The number of amides is 1. The van der Waals surface area contributed by atoms with Crippen molar-refractivity contribution in [2.45, 2.75) is 20.0 Å². The lowest BCUT2D eigenvalue weighted by Crippen LogP contribution is -2.46. The van der Waals surface area contributed by atoms with Gasteiger partial charge in [-0.15, -0.1) is 0 Å². The van der Waals surface area contributed by atoms with Gasteiger partial charge in [-0.25, -0.2) is 0 Å². The van der Waals surface area contributed by atoms with E-state index in [1.165, 1.54) is 0 Å². The van der Waals surface area contributed by atoms with Gasteiger partial charge in [0.05, 0.1) is 31.2 Å². The average Bonchev–Trinajstić information content (AvgIpc) is 2.60. The zero-order valence-corrected chi connectivity index (χ0v) is 15.8. The van der Waals surface area contributed by atoms with E-state index in [0.29, 0.717) is 32.8 Å². The van der Waals surface area contributed by atoms with Crippen LogP contribution in [0, 0.1) is 17.2 Å². The fourth-order valence-corrected chi connectivity index (χ4v) is 3.06. The Morgan fingerprint density at radius 2 is 2.21 bits per heavy atom. The summed E-state index contributed by atoms with van der Waals surface area (Å²) in [5.74, 6) is -0.0647. The molecule has 0 saturated carbocycles. The van der Waals surface area contributed by atoms with Crippen LogP contribution in [-0.2, 0) is 9.53 Å². The van der Waals surface area contributed by atoms with Gasteiger partial charge in [0, 0.05) is 30.7 Å². The Labute approximate surface area is 152 Å². The second-order valence-corrected chi connectivity index (χ2v) is 7.02. The number of nitriles is 1. The molecule has 0 N–H and O–H groups in total. The van der Waals surface area contributed by atoms with Crippen molar-refractivity contribution in [3.8, 4) is 6.07 Å². The zero-order chi connectivity index (χ0) is 17.5. The van der Waals surface area contributed by atoms with Gasteiger partial charge in [-0.1, -0.05) is 28.1 Å². The van der Waals surface area contributed by atoms with Gasteiger partial charge in [0.25, 0.3) is 0 Å². The Hall–Kier alpha value is -1.42. The molecule has 1 fully saturated rings. The molecule has 5 nitrogen and oxygen atoms in total. The molecule has 2 rings (SSSR count). The fourth-order valence-electron chi connectivity index (χ4n) is 2.80. The molecule has 0 spiro atoms. The summed E-state index contributed by atoms with van der Waals surface area (Å²) in [4.78, 5) is 16.4. The summed E-state index contributed by atoms with van der Waals surface area (Å²) in [6.07, 6.45) is -0.00670. The van der Waals surface area contributed by atoms with Crippen molar-refractivity contribution >= 4 is 21.8 Å². The number of hydrogen-bond donors (Lipinski definition) is 0. The van der Waals surface area contributed by atoms with Gasteiger partial charge in [0.1, 0.15) is 0 Å². The molecular formula is C18H24BrN3O2. The monoisotopic (exact) mass is 393 g/mol. The van der Waals surface area contributed by atoms with Gasteiger partial charge < -0.3 is 9.64 Å². The van der Waals surface area contributed by atoms with Crippen LogP contribution in [-0.4, -0.2) is 55.0 Å². The summed E-state index contributed by atoms with van der Waals surface area (Å²) in [5.41, 5.74) is 1.13. The highest BCUT2D eigenvalue weighted by Gasteiger charge is 2.25. The highest BCUT2D eigenvalue weighted by Crippen LogP contribution is 2.23. The number of likely N-dealkylation sites (N-methyl/N-ethyl adjacent to an activating group) is 1. The van der Waals surface area contributed by atoms with Crippen molar-refractivity contribution in [1.29, 1.82) is 5.26 Å². The smallest absolute Gasteiger partial charge is 0.236 e. The van der Waals surface area contributed by atoms with Gasteiger partial charge in [-0.2, -0.15) is 5.26 Å². The van der Waals surface area contributed by atoms with E-state index in [-0.39, 0.29) is 17.9 Å². The van der Waals surface area contributed by atoms with E-state index >= 15 is 0 Å². The van der Waals surface area contributed by atoms with Crippen LogP contribution < -0.4 is 0 Å². The molecule has 1 aromatic rings. The summed E-state index contributed by atoms with van der Waals surface area (Å²) in [6, 6.07) is 10.3. The minimum absolute atomic E-state index is 0.00670.